The highest BCUT2D eigenvalue weighted by molar-refractivity contribution is 7.98. The quantitative estimate of drug-likeness (QED) is 0.694. The summed E-state index contributed by atoms with van der Waals surface area (Å²) in [5.41, 5.74) is 1.38. The van der Waals surface area contributed by atoms with Crippen molar-refractivity contribution in [3.63, 3.8) is 0 Å². The number of benzene rings is 2. The van der Waals surface area contributed by atoms with Gasteiger partial charge in [0.1, 0.15) is 5.82 Å². The van der Waals surface area contributed by atoms with Gasteiger partial charge in [0.05, 0.1) is 15.9 Å². The van der Waals surface area contributed by atoms with E-state index in [-0.39, 0.29) is 5.82 Å². The van der Waals surface area contributed by atoms with Gasteiger partial charge in [0, 0.05) is 4.90 Å². The minimum absolute atomic E-state index is 0.272. The van der Waals surface area contributed by atoms with E-state index < -0.39 is 0 Å². The number of para-hydroxylation sites is 1. The van der Waals surface area contributed by atoms with Gasteiger partial charge in [-0.05, 0) is 36.6 Å². The average Bonchev–Trinajstić information content (AvgIpc) is 2.82. The van der Waals surface area contributed by atoms with Crippen LogP contribution in [-0.2, 0) is 0 Å². The van der Waals surface area contributed by atoms with Gasteiger partial charge >= 0.3 is 0 Å². The zero-order chi connectivity index (χ0) is 13.2. The zero-order valence-corrected chi connectivity index (χ0v) is 11.8. The highest BCUT2D eigenvalue weighted by Crippen LogP contribution is 2.31. The number of fused-ring (bicyclic) bond motifs is 1. The van der Waals surface area contributed by atoms with Crippen molar-refractivity contribution < 1.29 is 4.39 Å². The Hall–Kier alpha value is -1.59. The Morgan fingerprint density at radius 2 is 2.05 bits per heavy atom. The summed E-state index contributed by atoms with van der Waals surface area (Å²) in [5.74, 6) is -0.272. The predicted octanol–water partition coefficient (Wildman–Crippen LogP) is 4.90. The number of hydrogen-bond donors (Lipinski definition) is 1. The Kier molecular flexibility index (Phi) is 3.40. The van der Waals surface area contributed by atoms with Crippen LogP contribution in [0, 0.1) is 5.82 Å². The molecule has 0 aliphatic heterocycles. The van der Waals surface area contributed by atoms with E-state index in [0.717, 1.165) is 10.2 Å². The molecule has 1 heterocycles. The molecule has 0 unspecified atom stereocenters. The van der Waals surface area contributed by atoms with Crippen LogP contribution in [0.15, 0.2) is 47.4 Å². The maximum Gasteiger partial charge on any atom is 0.188 e. The van der Waals surface area contributed by atoms with Crippen LogP contribution < -0.4 is 5.32 Å². The molecule has 0 fully saturated rings. The van der Waals surface area contributed by atoms with E-state index in [1.165, 1.54) is 22.3 Å². The molecule has 1 N–H and O–H groups in total. The van der Waals surface area contributed by atoms with Crippen molar-refractivity contribution in [3.05, 3.63) is 48.3 Å². The zero-order valence-electron chi connectivity index (χ0n) is 10.2. The average molecular weight is 290 g/mol. The summed E-state index contributed by atoms with van der Waals surface area (Å²) >= 11 is 3.23. The molecule has 0 spiro atoms. The largest absolute Gasteiger partial charge is 0.329 e. The molecular weight excluding hydrogens is 279 g/mol. The number of hydrogen-bond acceptors (Lipinski definition) is 4. The molecule has 3 aromatic rings. The second-order valence-electron chi connectivity index (χ2n) is 3.96. The van der Waals surface area contributed by atoms with Crippen LogP contribution >= 0.6 is 23.1 Å². The van der Waals surface area contributed by atoms with Crippen LogP contribution in [0.1, 0.15) is 0 Å². The lowest BCUT2D eigenvalue weighted by Gasteiger charge is -2.02. The van der Waals surface area contributed by atoms with Crippen LogP contribution in [0.3, 0.4) is 0 Å². The molecule has 3 rings (SSSR count). The summed E-state index contributed by atoms with van der Waals surface area (Å²) in [6.45, 7) is 0. The number of halogens is 1. The van der Waals surface area contributed by atoms with E-state index in [4.69, 9.17) is 0 Å². The molecule has 96 valence electrons. The molecule has 0 bridgehead atoms. The number of anilines is 2. The van der Waals surface area contributed by atoms with Crippen LogP contribution in [0.4, 0.5) is 15.2 Å². The van der Waals surface area contributed by atoms with Crippen LogP contribution in [0.25, 0.3) is 10.2 Å². The van der Waals surface area contributed by atoms with E-state index in [2.05, 4.69) is 16.4 Å². The van der Waals surface area contributed by atoms with Gasteiger partial charge < -0.3 is 5.32 Å². The first kappa shape index (κ1) is 12.4. The first-order chi connectivity index (χ1) is 9.26. The third-order valence-electron chi connectivity index (χ3n) is 2.71. The third-order valence-corrected chi connectivity index (χ3v) is 4.37. The molecule has 0 radical (unpaired) electrons. The molecule has 5 heteroatoms. The summed E-state index contributed by atoms with van der Waals surface area (Å²) in [6, 6.07) is 12.7. The summed E-state index contributed by atoms with van der Waals surface area (Å²) in [7, 11) is 0. The fourth-order valence-electron chi connectivity index (χ4n) is 1.76. The smallest absolute Gasteiger partial charge is 0.188 e. The summed E-state index contributed by atoms with van der Waals surface area (Å²) < 4.78 is 14.7. The van der Waals surface area contributed by atoms with Crippen molar-refractivity contribution in [2.24, 2.45) is 0 Å². The van der Waals surface area contributed by atoms with Crippen molar-refractivity contribution in [2.45, 2.75) is 4.90 Å². The monoisotopic (exact) mass is 290 g/mol. The van der Waals surface area contributed by atoms with Gasteiger partial charge in [0.2, 0.25) is 0 Å². The molecule has 19 heavy (non-hydrogen) atoms. The summed E-state index contributed by atoms with van der Waals surface area (Å²) in [4.78, 5) is 5.66. The Balaban J connectivity index is 1.95. The SMILES string of the molecule is CSc1ccc2nc(Nc3ccccc3F)sc2c1. The highest BCUT2D eigenvalue weighted by atomic mass is 32.2. The highest BCUT2D eigenvalue weighted by Gasteiger charge is 2.07. The van der Waals surface area contributed by atoms with Gasteiger partial charge in [-0.25, -0.2) is 9.37 Å². The lowest BCUT2D eigenvalue weighted by Crippen LogP contribution is -1.91. The normalized spacial score (nSPS) is 10.8. The molecule has 1 aromatic heterocycles. The van der Waals surface area contributed by atoms with Crippen LogP contribution in [-0.4, -0.2) is 11.2 Å². The second kappa shape index (κ2) is 5.19. The van der Waals surface area contributed by atoms with Gasteiger partial charge in [0.15, 0.2) is 5.13 Å². The lowest BCUT2D eigenvalue weighted by atomic mass is 10.3. The molecule has 2 nitrogen and oxygen atoms in total. The maximum atomic E-state index is 13.6. The van der Waals surface area contributed by atoms with Crippen molar-refractivity contribution in [1.82, 2.24) is 4.98 Å². The van der Waals surface area contributed by atoms with Crippen molar-refractivity contribution in [2.75, 3.05) is 11.6 Å². The topological polar surface area (TPSA) is 24.9 Å². The summed E-state index contributed by atoms with van der Waals surface area (Å²) in [5, 5.41) is 3.73. The standard InChI is InChI=1S/C14H11FN2S2/c1-18-9-6-7-12-13(8-9)19-14(17-12)16-11-5-3-2-4-10(11)15/h2-8H,1H3,(H,16,17). The maximum absolute atomic E-state index is 13.6. The molecular formula is C14H11FN2S2. The van der Waals surface area contributed by atoms with E-state index >= 15 is 0 Å². The fraction of sp³-hybridized carbons (Fsp3) is 0.0714. The lowest BCUT2D eigenvalue weighted by molar-refractivity contribution is 0.632. The van der Waals surface area contributed by atoms with Crippen molar-refractivity contribution >= 4 is 44.1 Å². The molecule has 0 atom stereocenters. The van der Waals surface area contributed by atoms with E-state index in [0.29, 0.717) is 10.8 Å². The minimum atomic E-state index is -0.272. The Morgan fingerprint density at radius 3 is 2.84 bits per heavy atom. The van der Waals surface area contributed by atoms with E-state index in [9.17, 15) is 4.39 Å². The second-order valence-corrected chi connectivity index (χ2v) is 5.87. The Labute approximate surface area is 118 Å². The van der Waals surface area contributed by atoms with E-state index in [1.807, 2.05) is 18.4 Å². The third kappa shape index (κ3) is 2.57. The molecule has 0 amide bonds. The molecule has 0 aliphatic carbocycles. The fourth-order valence-corrected chi connectivity index (χ4v) is 3.20. The number of nitrogens with zero attached hydrogens (tertiary/aromatic N) is 1. The van der Waals surface area contributed by atoms with E-state index in [1.54, 1.807) is 30.0 Å². The molecule has 0 aliphatic rings. The molecule has 0 saturated carbocycles. The first-order valence-corrected chi connectivity index (χ1v) is 7.76. The van der Waals surface area contributed by atoms with Gasteiger partial charge in [-0.1, -0.05) is 23.5 Å². The van der Waals surface area contributed by atoms with Crippen molar-refractivity contribution in [3.8, 4) is 0 Å². The number of nitrogens with one attached hydrogen (secondary N) is 1. The molecule has 2 aromatic carbocycles. The van der Waals surface area contributed by atoms with Crippen LogP contribution in [0.2, 0.25) is 0 Å². The van der Waals surface area contributed by atoms with Gasteiger partial charge in [-0.15, -0.1) is 11.8 Å². The first-order valence-electron chi connectivity index (χ1n) is 5.72. The van der Waals surface area contributed by atoms with Gasteiger partial charge in [-0.2, -0.15) is 0 Å². The van der Waals surface area contributed by atoms with Gasteiger partial charge in [0.25, 0.3) is 0 Å². The Bertz CT molecular complexity index is 724. The number of thioether (sulfide) groups is 1. The van der Waals surface area contributed by atoms with Crippen molar-refractivity contribution in [1.29, 1.82) is 0 Å². The molecule has 0 saturated heterocycles. The van der Waals surface area contributed by atoms with Gasteiger partial charge in [-0.3, -0.25) is 0 Å². The predicted molar refractivity (Wildman–Crippen MR) is 81.1 cm³/mol. The minimum Gasteiger partial charge on any atom is -0.329 e. The Morgan fingerprint density at radius 1 is 1.21 bits per heavy atom. The number of aromatic nitrogens is 1. The number of rotatable bonds is 3. The number of thiazole rings is 1. The summed E-state index contributed by atoms with van der Waals surface area (Å²) in [6.07, 6.45) is 2.04. The van der Waals surface area contributed by atoms with Crippen LogP contribution in [0.5, 0.6) is 0 Å².